The summed E-state index contributed by atoms with van der Waals surface area (Å²) in [5.74, 6) is 1.51. The minimum atomic E-state index is -0.389. The molecule has 0 fully saturated rings. The van der Waals surface area contributed by atoms with Crippen LogP contribution in [-0.2, 0) is 9.53 Å². The number of carbonyl (C=O) groups is 1. The maximum Gasteiger partial charge on any atom is 0.330 e. The Morgan fingerprint density at radius 2 is 1.92 bits per heavy atom. The molecule has 2 aromatic carbocycles. The zero-order valence-corrected chi connectivity index (χ0v) is 16.0. The van der Waals surface area contributed by atoms with Gasteiger partial charge in [0.05, 0.1) is 22.7 Å². The number of esters is 1. The molecule has 0 aliphatic heterocycles. The first-order valence-corrected chi connectivity index (χ1v) is 8.80. The zero-order chi connectivity index (χ0) is 18.9. The van der Waals surface area contributed by atoms with Crippen LogP contribution in [-0.4, -0.2) is 18.7 Å². The van der Waals surface area contributed by atoms with Gasteiger partial charge < -0.3 is 14.2 Å². The molecular formula is C20H18BrNO4. The summed E-state index contributed by atoms with van der Waals surface area (Å²) in [4.78, 5) is 11.3. The number of ether oxygens (including phenoxy) is 3. The maximum atomic E-state index is 11.3. The molecule has 0 saturated carbocycles. The number of hydrogen-bond acceptors (Lipinski definition) is 5. The summed E-state index contributed by atoms with van der Waals surface area (Å²) in [7, 11) is 0. The normalized spacial score (nSPS) is 11.6. The van der Waals surface area contributed by atoms with Crippen molar-refractivity contribution in [2.75, 3.05) is 6.61 Å². The van der Waals surface area contributed by atoms with Gasteiger partial charge in [0.15, 0.2) is 0 Å². The van der Waals surface area contributed by atoms with Crippen molar-refractivity contribution in [3.8, 4) is 23.3 Å². The number of halogens is 1. The van der Waals surface area contributed by atoms with Gasteiger partial charge in [0.2, 0.25) is 0 Å². The van der Waals surface area contributed by atoms with E-state index in [4.69, 9.17) is 19.5 Å². The molecule has 5 nitrogen and oxygen atoms in total. The van der Waals surface area contributed by atoms with Crippen molar-refractivity contribution in [1.82, 2.24) is 0 Å². The fourth-order valence-corrected chi connectivity index (χ4v) is 2.48. The first-order valence-electron chi connectivity index (χ1n) is 8.01. The molecule has 134 valence electrons. The molecule has 6 heteroatoms. The number of nitriles is 1. The standard InChI is InChI=1S/C20H18BrNO4/c1-3-24-20(23)11-4-14(2)25-16-6-8-17(9-7-16)26-19-10-5-15(13-22)12-18(19)21/h4-12,14H,3H2,1-2H3. The topological polar surface area (TPSA) is 68.6 Å². The van der Waals surface area contributed by atoms with Gasteiger partial charge in [-0.25, -0.2) is 4.79 Å². The molecule has 1 atom stereocenters. The van der Waals surface area contributed by atoms with Crippen LogP contribution in [0.15, 0.2) is 59.1 Å². The lowest BCUT2D eigenvalue weighted by molar-refractivity contribution is -0.137. The average molecular weight is 416 g/mol. The van der Waals surface area contributed by atoms with Gasteiger partial charge in [0.25, 0.3) is 0 Å². The molecule has 0 heterocycles. The second-order valence-electron chi connectivity index (χ2n) is 5.26. The Bertz CT molecular complexity index is 825. The van der Waals surface area contributed by atoms with Gasteiger partial charge in [0.1, 0.15) is 23.4 Å². The molecule has 0 aliphatic rings. The molecule has 0 aromatic heterocycles. The van der Waals surface area contributed by atoms with Crippen molar-refractivity contribution in [2.24, 2.45) is 0 Å². The molecule has 0 bridgehead atoms. The highest BCUT2D eigenvalue weighted by molar-refractivity contribution is 9.10. The third-order valence-corrected chi connectivity index (χ3v) is 3.84. The van der Waals surface area contributed by atoms with Gasteiger partial charge >= 0.3 is 5.97 Å². The smallest absolute Gasteiger partial charge is 0.330 e. The Kier molecular flexibility index (Phi) is 7.24. The van der Waals surface area contributed by atoms with Gasteiger partial charge in [-0.2, -0.15) is 5.26 Å². The maximum absolute atomic E-state index is 11.3. The summed E-state index contributed by atoms with van der Waals surface area (Å²) in [6.45, 7) is 3.93. The first-order chi connectivity index (χ1) is 12.5. The summed E-state index contributed by atoms with van der Waals surface area (Å²) in [5.41, 5.74) is 0.554. The van der Waals surface area contributed by atoms with Crippen molar-refractivity contribution in [3.05, 3.63) is 64.7 Å². The van der Waals surface area contributed by atoms with E-state index in [1.807, 2.05) is 6.92 Å². The van der Waals surface area contributed by atoms with Gasteiger partial charge in [0, 0.05) is 6.08 Å². The first kappa shape index (κ1) is 19.5. The Morgan fingerprint density at radius 3 is 2.54 bits per heavy atom. The summed E-state index contributed by atoms with van der Waals surface area (Å²) < 4.78 is 17.0. The Balaban J connectivity index is 1.96. The molecule has 2 rings (SSSR count). The van der Waals surface area contributed by atoms with Gasteiger partial charge in [-0.05, 0) is 78.3 Å². The lowest BCUT2D eigenvalue weighted by Gasteiger charge is -2.12. The number of benzene rings is 2. The third kappa shape index (κ3) is 5.94. The molecule has 0 saturated heterocycles. The van der Waals surface area contributed by atoms with Crippen LogP contribution in [0.3, 0.4) is 0 Å². The molecule has 1 unspecified atom stereocenters. The Morgan fingerprint density at radius 1 is 1.23 bits per heavy atom. The number of rotatable bonds is 7. The summed E-state index contributed by atoms with van der Waals surface area (Å²) in [6, 6.07) is 14.3. The summed E-state index contributed by atoms with van der Waals surface area (Å²) >= 11 is 3.39. The van der Waals surface area contributed by atoms with Crippen molar-refractivity contribution < 1.29 is 19.0 Å². The van der Waals surface area contributed by atoms with E-state index in [1.54, 1.807) is 55.5 Å². The van der Waals surface area contributed by atoms with Crippen molar-refractivity contribution >= 4 is 21.9 Å². The number of nitrogens with zero attached hydrogens (tertiary/aromatic N) is 1. The minimum Gasteiger partial charge on any atom is -0.487 e. The minimum absolute atomic E-state index is 0.279. The lowest BCUT2D eigenvalue weighted by Crippen LogP contribution is -2.09. The second kappa shape index (κ2) is 9.64. The lowest BCUT2D eigenvalue weighted by atomic mass is 10.2. The van der Waals surface area contributed by atoms with Crippen molar-refractivity contribution in [2.45, 2.75) is 20.0 Å². The van der Waals surface area contributed by atoms with E-state index in [-0.39, 0.29) is 12.1 Å². The highest BCUT2D eigenvalue weighted by Crippen LogP contribution is 2.31. The highest BCUT2D eigenvalue weighted by Gasteiger charge is 2.06. The molecule has 0 aliphatic carbocycles. The molecule has 26 heavy (non-hydrogen) atoms. The van der Waals surface area contributed by atoms with Crippen LogP contribution < -0.4 is 9.47 Å². The van der Waals surface area contributed by atoms with Gasteiger partial charge in [-0.3, -0.25) is 0 Å². The fourth-order valence-electron chi connectivity index (χ4n) is 2.02. The molecule has 0 spiro atoms. The molecule has 2 aromatic rings. The van der Waals surface area contributed by atoms with Crippen LogP contribution in [0.5, 0.6) is 17.2 Å². The molecule has 0 amide bonds. The van der Waals surface area contributed by atoms with Gasteiger partial charge in [-0.15, -0.1) is 0 Å². The van der Waals surface area contributed by atoms with Crippen LogP contribution in [0.2, 0.25) is 0 Å². The van der Waals surface area contributed by atoms with Crippen LogP contribution in [0.4, 0.5) is 0 Å². The fraction of sp³-hybridized carbons (Fsp3) is 0.200. The SMILES string of the molecule is CCOC(=O)C=CC(C)Oc1ccc(Oc2ccc(C#N)cc2Br)cc1. The van der Waals surface area contributed by atoms with E-state index in [2.05, 4.69) is 22.0 Å². The van der Waals surface area contributed by atoms with E-state index < -0.39 is 0 Å². The van der Waals surface area contributed by atoms with E-state index in [9.17, 15) is 4.79 Å². The third-order valence-electron chi connectivity index (χ3n) is 3.22. The van der Waals surface area contributed by atoms with Crippen LogP contribution in [0.25, 0.3) is 0 Å². The average Bonchev–Trinajstić information content (AvgIpc) is 2.63. The monoisotopic (exact) mass is 415 g/mol. The molecule has 0 N–H and O–H groups in total. The quantitative estimate of drug-likeness (QED) is 0.469. The summed E-state index contributed by atoms with van der Waals surface area (Å²) in [5, 5.41) is 8.88. The largest absolute Gasteiger partial charge is 0.487 e. The molecule has 0 radical (unpaired) electrons. The predicted octanol–water partition coefficient (Wildman–Crippen LogP) is 5.00. The van der Waals surface area contributed by atoms with E-state index in [0.29, 0.717) is 33.9 Å². The van der Waals surface area contributed by atoms with E-state index >= 15 is 0 Å². The molecular weight excluding hydrogens is 398 g/mol. The Labute approximate surface area is 160 Å². The number of carbonyl (C=O) groups excluding carboxylic acids is 1. The van der Waals surface area contributed by atoms with Crippen molar-refractivity contribution in [1.29, 1.82) is 5.26 Å². The van der Waals surface area contributed by atoms with Crippen LogP contribution in [0.1, 0.15) is 19.4 Å². The zero-order valence-electron chi connectivity index (χ0n) is 14.4. The van der Waals surface area contributed by atoms with Crippen molar-refractivity contribution in [3.63, 3.8) is 0 Å². The van der Waals surface area contributed by atoms with Crippen LogP contribution >= 0.6 is 15.9 Å². The predicted molar refractivity (Wildman–Crippen MR) is 101 cm³/mol. The van der Waals surface area contributed by atoms with E-state index in [0.717, 1.165) is 0 Å². The number of hydrogen-bond donors (Lipinski definition) is 0. The second-order valence-corrected chi connectivity index (χ2v) is 6.12. The Hall–Kier alpha value is -2.78. The van der Waals surface area contributed by atoms with Gasteiger partial charge in [-0.1, -0.05) is 0 Å². The van der Waals surface area contributed by atoms with Crippen LogP contribution in [0, 0.1) is 11.3 Å². The van der Waals surface area contributed by atoms with E-state index in [1.165, 1.54) is 6.08 Å². The summed E-state index contributed by atoms with van der Waals surface area (Å²) in [6.07, 6.45) is 2.71. The highest BCUT2D eigenvalue weighted by atomic mass is 79.9.